The second-order valence-corrected chi connectivity index (χ2v) is 9.26. The lowest BCUT2D eigenvalue weighted by Crippen LogP contribution is -2.52. The lowest BCUT2D eigenvalue weighted by atomic mass is 9.49. The van der Waals surface area contributed by atoms with Gasteiger partial charge in [0.2, 0.25) is 0 Å². The SMILES string of the molecule is C=C1CC[C@H]2O[C@@]2(C)CC[C@@H]2[C@@H]1C[C@]2(C)C(=O)CCC(C)(C)OO. The minimum absolute atomic E-state index is 0.0292. The summed E-state index contributed by atoms with van der Waals surface area (Å²) >= 11 is 0. The van der Waals surface area contributed by atoms with Gasteiger partial charge < -0.3 is 4.74 Å². The number of carbonyl (C=O) groups is 1. The number of Topliss-reactive ketones (excluding diaryl/α,β-unsaturated/α-hetero) is 1. The quantitative estimate of drug-likeness (QED) is 0.347. The van der Waals surface area contributed by atoms with Crippen molar-refractivity contribution in [3.8, 4) is 0 Å². The molecule has 3 rings (SSSR count). The summed E-state index contributed by atoms with van der Waals surface area (Å²) in [6, 6.07) is 0. The number of carbonyl (C=O) groups excluding carboxylic acids is 1. The van der Waals surface area contributed by atoms with Gasteiger partial charge in [-0.1, -0.05) is 19.1 Å². The molecule has 0 bridgehead atoms. The summed E-state index contributed by atoms with van der Waals surface area (Å²) in [4.78, 5) is 17.4. The fourth-order valence-corrected chi connectivity index (χ4v) is 4.87. The zero-order chi connectivity index (χ0) is 17.8. The molecule has 3 fully saturated rings. The average Bonchev–Trinajstić information content (AvgIpc) is 3.16. The Bertz CT molecular complexity index is 540. The lowest BCUT2D eigenvalue weighted by Gasteiger charge is -2.54. The molecule has 1 saturated heterocycles. The molecule has 0 unspecified atom stereocenters. The molecule has 0 radical (unpaired) electrons. The molecule has 1 heterocycles. The number of ether oxygens (including phenoxy) is 1. The van der Waals surface area contributed by atoms with Crippen molar-refractivity contribution in [3.63, 3.8) is 0 Å². The van der Waals surface area contributed by atoms with Gasteiger partial charge in [0.1, 0.15) is 5.78 Å². The summed E-state index contributed by atoms with van der Waals surface area (Å²) in [5.41, 5.74) is 0.412. The normalized spacial score (nSPS) is 42.0. The molecule has 24 heavy (non-hydrogen) atoms. The summed E-state index contributed by atoms with van der Waals surface area (Å²) in [6.45, 7) is 12.3. The van der Waals surface area contributed by atoms with Crippen molar-refractivity contribution in [2.45, 2.75) is 89.9 Å². The summed E-state index contributed by atoms with van der Waals surface area (Å²) in [6.07, 6.45) is 6.49. The van der Waals surface area contributed by atoms with E-state index >= 15 is 0 Å². The third-order valence-corrected chi connectivity index (χ3v) is 7.03. The molecule has 1 aliphatic heterocycles. The van der Waals surface area contributed by atoms with E-state index in [2.05, 4.69) is 25.3 Å². The summed E-state index contributed by atoms with van der Waals surface area (Å²) in [5.74, 6) is 1.18. The van der Waals surface area contributed by atoms with Crippen LogP contribution in [0, 0.1) is 17.3 Å². The zero-order valence-corrected chi connectivity index (χ0v) is 15.6. The molecule has 136 valence electrons. The molecule has 1 N–H and O–H groups in total. The first-order valence-corrected chi connectivity index (χ1v) is 9.33. The van der Waals surface area contributed by atoms with Gasteiger partial charge in [0.15, 0.2) is 0 Å². The number of ketones is 1. The topological polar surface area (TPSA) is 59.1 Å². The summed E-state index contributed by atoms with van der Waals surface area (Å²) in [7, 11) is 0. The molecule has 0 aromatic heterocycles. The van der Waals surface area contributed by atoms with Crippen LogP contribution in [0.3, 0.4) is 0 Å². The Morgan fingerprint density at radius 3 is 2.79 bits per heavy atom. The third-order valence-electron chi connectivity index (χ3n) is 7.03. The van der Waals surface area contributed by atoms with Crippen LogP contribution in [0.1, 0.15) is 72.6 Å². The molecular formula is C20H32O4. The third kappa shape index (κ3) is 3.09. The van der Waals surface area contributed by atoms with Gasteiger partial charge in [0.25, 0.3) is 0 Å². The summed E-state index contributed by atoms with van der Waals surface area (Å²) < 4.78 is 5.90. The average molecular weight is 336 g/mol. The summed E-state index contributed by atoms with van der Waals surface area (Å²) in [5, 5.41) is 8.93. The highest BCUT2D eigenvalue weighted by molar-refractivity contribution is 5.86. The van der Waals surface area contributed by atoms with Crippen molar-refractivity contribution in [2.24, 2.45) is 17.3 Å². The van der Waals surface area contributed by atoms with E-state index in [-0.39, 0.29) is 11.0 Å². The maximum absolute atomic E-state index is 12.9. The number of hydrogen-bond acceptors (Lipinski definition) is 4. The highest BCUT2D eigenvalue weighted by Crippen LogP contribution is 2.60. The number of fused-ring (bicyclic) bond motifs is 2. The standard InChI is InChI=1S/C20H32O4/c1-13-6-7-17-20(5,23-17)11-8-15-14(13)12-19(15,4)16(21)9-10-18(2,3)24-22/h14-15,17,22H,1,6-12H2,2-5H3/t14-,15-,17-,19+,20+/m1/s1. The Kier molecular flexibility index (Phi) is 4.47. The van der Waals surface area contributed by atoms with Gasteiger partial charge in [0.05, 0.1) is 17.3 Å². The fourth-order valence-electron chi connectivity index (χ4n) is 4.87. The number of hydrogen-bond donors (Lipinski definition) is 1. The van der Waals surface area contributed by atoms with Crippen molar-refractivity contribution in [3.05, 3.63) is 12.2 Å². The number of rotatable bonds is 5. The molecule has 5 atom stereocenters. The van der Waals surface area contributed by atoms with Crippen molar-refractivity contribution in [1.29, 1.82) is 0 Å². The molecule has 3 aliphatic rings. The van der Waals surface area contributed by atoms with Crippen LogP contribution in [0.4, 0.5) is 0 Å². The van der Waals surface area contributed by atoms with Crippen molar-refractivity contribution in [1.82, 2.24) is 0 Å². The second-order valence-electron chi connectivity index (χ2n) is 9.26. The minimum Gasteiger partial charge on any atom is -0.366 e. The van der Waals surface area contributed by atoms with Gasteiger partial charge in [-0.25, -0.2) is 4.89 Å². The van der Waals surface area contributed by atoms with Crippen LogP contribution in [-0.2, 0) is 14.4 Å². The van der Waals surface area contributed by atoms with Gasteiger partial charge in [-0.15, -0.1) is 0 Å². The predicted octanol–water partition coefficient (Wildman–Crippen LogP) is 4.53. The van der Waals surface area contributed by atoms with Crippen molar-refractivity contribution >= 4 is 5.78 Å². The molecule has 0 spiro atoms. The largest absolute Gasteiger partial charge is 0.366 e. The highest BCUT2D eigenvalue weighted by atomic mass is 17.1. The van der Waals surface area contributed by atoms with E-state index in [0.717, 1.165) is 32.1 Å². The van der Waals surface area contributed by atoms with E-state index in [4.69, 9.17) is 9.99 Å². The van der Waals surface area contributed by atoms with Gasteiger partial charge in [-0.3, -0.25) is 10.1 Å². The maximum atomic E-state index is 12.9. The van der Waals surface area contributed by atoms with E-state index in [1.165, 1.54) is 5.57 Å². The lowest BCUT2D eigenvalue weighted by molar-refractivity contribution is -0.314. The van der Waals surface area contributed by atoms with E-state index in [0.29, 0.717) is 36.6 Å². The number of allylic oxidation sites excluding steroid dienone is 1. The van der Waals surface area contributed by atoms with E-state index in [1.807, 2.05) is 0 Å². The van der Waals surface area contributed by atoms with Gasteiger partial charge in [-0.05, 0) is 71.1 Å². The monoisotopic (exact) mass is 336 g/mol. The first-order valence-electron chi connectivity index (χ1n) is 9.33. The van der Waals surface area contributed by atoms with Crippen LogP contribution in [0.15, 0.2) is 12.2 Å². The highest BCUT2D eigenvalue weighted by Gasteiger charge is 2.59. The Labute approximate surface area is 145 Å². The maximum Gasteiger partial charge on any atom is 0.139 e. The minimum atomic E-state index is -0.667. The number of epoxide rings is 1. The van der Waals surface area contributed by atoms with Gasteiger partial charge in [-0.2, -0.15) is 0 Å². The first kappa shape index (κ1) is 18.1. The van der Waals surface area contributed by atoms with Crippen molar-refractivity contribution in [2.75, 3.05) is 0 Å². The van der Waals surface area contributed by atoms with Crippen molar-refractivity contribution < 1.29 is 19.7 Å². The molecule has 4 heteroatoms. The zero-order valence-electron chi connectivity index (χ0n) is 15.6. The Morgan fingerprint density at radius 2 is 2.12 bits per heavy atom. The Balaban J connectivity index is 1.68. The van der Waals surface area contributed by atoms with Gasteiger partial charge >= 0.3 is 0 Å². The van der Waals surface area contributed by atoms with Gasteiger partial charge in [0, 0.05) is 11.8 Å². The Morgan fingerprint density at radius 1 is 1.42 bits per heavy atom. The second kappa shape index (κ2) is 5.93. The van der Waals surface area contributed by atoms with Crippen LogP contribution >= 0.6 is 0 Å². The Hall–Kier alpha value is -0.710. The van der Waals surface area contributed by atoms with Crippen LogP contribution < -0.4 is 0 Å². The molecule has 2 aliphatic carbocycles. The van der Waals surface area contributed by atoms with E-state index < -0.39 is 5.60 Å². The van der Waals surface area contributed by atoms with Crippen LogP contribution in [0.2, 0.25) is 0 Å². The molecule has 0 amide bonds. The first-order chi connectivity index (χ1) is 11.1. The molecule has 2 saturated carbocycles. The molecule has 0 aromatic rings. The smallest absolute Gasteiger partial charge is 0.139 e. The molecular weight excluding hydrogens is 304 g/mol. The fraction of sp³-hybridized carbons (Fsp3) is 0.850. The molecule has 4 nitrogen and oxygen atoms in total. The van der Waals surface area contributed by atoms with Crippen LogP contribution in [-0.4, -0.2) is 28.3 Å². The van der Waals surface area contributed by atoms with E-state index in [9.17, 15) is 4.79 Å². The van der Waals surface area contributed by atoms with Crippen LogP contribution in [0.5, 0.6) is 0 Å². The molecule has 0 aromatic carbocycles. The predicted molar refractivity (Wildman–Crippen MR) is 92.6 cm³/mol. The van der Waals surface area contributed by atoms with E-state index in [1.54, 1.807) is 13.8 Å². The van der Waals surface area contributed by atoms with Crippen LogP contribution in [0.25, 0.3) is 0 Å².